The van der Waals surface area contributed by atoms with Gasteiger partial charge in [0.1, 0.15) is 24.4 Å². The Morgan fingerprint density at radius 1 is 0.930 bits per heavy atom. The molecule has 2 aliphatic heterocycles. The zero-order valence-electron chi connectivity index (χ0n) is 33.1. The molecule has 2 N–H and O–H groups in total. The van der Waals surface area contributed by atoms with E-state index in [-0.39, 0.29) is 36.8 Å². The first-order valence-electron chi connectivity index (χ1n) is 19.4. The van der Waals surface area contributed by atoms with Crippen molar-refractivity contribution in [3.8, 4) is 28.4 Å². The monoisotopic (exact) mass is 767 g/mol. The molecule has 10 heteroatoms. The highest BCUT2D eigenvalue weighted by molar-refractivity contribution is 5.98. The molecule has 0 fully saturated rings. The van der Waals surface area contributed by atoms with Gasteiger partial charge in [-0.1, -0.05) is 75.4 Å². The lowest BCUT2D eigenvalue weighted by Gasteiger charge is -2.37. The van der Waals surface area contributed by atoms with Gasteiger partial charge in [-0.05, 0) is 107 Å². The minimum Gasteiger partial charge on any atom is -0.494 e. The molecule has 10 nitrogen and oxygen atoms in total. The van der Waals surface area contributed by atoms with Gasteiger partial charge in [0.2, 0.25) is 5.91 Å². The van der Waals surface area contributed by atoms with Crippen LogP contribution in [0.2, 0.25) is 0 Å². The summed E-state index contributed by atoms with van der Waals surface area (Å²) in [6.45, 7) is 11.6. The summed E-state index contributed by atoms with van der Waals surface area (Å²) < 4.78 is 18.6. The van der Waals surface area contributed by atoms with E-state index in [2.05, 4.69) is 31.1 Å². The molecule has 0 aliphatic carbocycles. The summed E-state index contributed by atoms with van der Waals surface area (Å²) in [5, 5.41) is 13.0. The van der Waals surface area contributed by atoms with Gasteiger partial charge >= 0.3 is 5.97 Å². The van der Waals surface area contributed by atoms with Gasteiger partial charge in [0.25, 0.3) is 5.91 Å². The molecule has 0 unspecified atom stereocenters. The number of amides is 2. The summed E-state index contributed by atoms with van der Waals surface area (Å²) in [6, 6.07) is 27.8. The summed E-state index contributed by atoms with van der Waals surface area (Å²) >= 11 is 0. The van der Waals surface area contributed by atoms with E-state index in [4.69, 9.17) is 14.2 Å². The number of hydrogen-bond acceptors (Lipinski definition) is 7. The number of aryl methyl sites for hydroxylation is 1. The molecule has 0 bridgehead atoms. The molecule has 0 radical (unpaired) electrons. The van der Waals surface area contributed by atoms with Crippen LogP contribution in [-0.2, 0) is 29.0 Å². The number of ether oxygens (including phenoxy) is 3. The van der Waals surface area contributed by atoms with Crippen LogP contribution in [0, 0.1) is 19.3 Å². The quantitative estimate of drug-likeness (QED) is 0.138. The van der Waals surface area contributed by atoms with Crippen molar-refractivity contribution in [3.05, 3.63) is 142 Å². The number of carbonyl (C=O) groups is 3. The molecule has 2 amide bonds. The first kappa shape index (κ1) is 39.1. The molecule has 0 saturated heterocycles. The Kier molecular flexibility index (Phi) is 11.3. The maximum atomic E-state index is 14.1. The molecule has 5 aromatic rings. The zero-order chi connectivity index (χ0) is 40.3. The van der Waals surface area contributed by atoms with Crippen LogP contribution in [0.4, 0.5) is 0 Å². The van der Waals surface area contributed by atoms with E-state index in [1.807, 2.05) is 86.6 Å². The lowest BCUT2D eigenvalue weighted by molar-refractivity contribution is -0.142. The lowest BCUT2D eigenvalue weighted by atomic mass is 9.91. The normalized spacial score (nSPS) is 16.6. The Labute approximate surface area is 333 Å². The number of carbonyl (C=O) groups excluding carboxylic acids is 2. The van der Waals surface area contributed by atoms with Crippen LogP contribution in [0.3, 0.4) is 0 Å². The van der Waals surface area contributed by atoms with Gasteiger partial charge in [-0.3, -0.25) is 14.6 Å². The molecule has 4 aromatic carbocycles. The minimum atomic E-state index is -1.22. The van der Waals surface area contributed by atoms with E-state index in [9.17, 15) is 19.5 Å². The number of carboxylic acids is 1. The SMILES string of the molecule is Cc1nccc(-c2ccc(C[C@H](NC(=O)[C@@H]3Cc4cc5c(cc4CN3C(=O)c3ccccc3)O[C@@H](c3ccc(OCCC(C)(C)C)cc3)CO5)C(=O)O)cc2)c1C. The third kappa shape index (κ3) is 9.12. The fourth-order valence-electron chi connectivity index (χ4n) is 7.24. The van der Waals surface area contributed by atoms with Gasteiger partial charge in [0.15, 0.2) is 17.6 Å². The Hall–Kier alpha value is -6.16. The molecular formula is C47H49N3O7. The van der Waals surface area contributed by atoms with E-state index in [1.54, 1.807) is 30.5 Å². The number of aliphatic carboxylic acids is 1. The van der Waals surface area contributed by atoms with Gasteiger partial charge < -0.3 is 29.5 Å². The van der Waals surface area contributed by atoms with Crippen LogP contribution in [0.5, 0.6) is 17.2 Å². The molecule has 1 aromatic heterocycles. The lowest BCUT2D eigenvalue weighted by Crippen LogP contribution is -2.56. The van der Waals surface area contributed by atoms with E-state index >= 15 is 0 Å². The first-order valence-corrected chi connectivity index (χ1v) is 19.4. The second-order valence-electron chi connectivity index (χ2n) is 16.1. The van der Waals surface area contributed by atoms with Crippen LogP contribution in [-0.4, -0.2) is 58.1 Å². The van der Waals surface area contributed by atoms with Crippen molar-refractivity contribution in [3.63, 3.8) is 0 Å². The number of benzene rings is 4. The van der Waals surface area contributed by atoms with E-state index < -0.39 is 24.0 Å². The Morgan fingerprint density at radius 3 is 2.35 bits per heavy atom. The van der Waals surface area contributed by atoms with Crippen molar-refractivity contribution >= 4 is 17.8 Å². The van der Waals surface area contributed by atoms with Gasteiger partial charge in [0, 0.05) is 36.8 Å². The zero-order valence-corrected chi connectivity index (χ0v) is 33.1. The van der Waals surface area contributed by atoms with Crippen molar-refractivity contribution in [1.29, 1.82) is 0 Å². The van der Waals surface area contributed by atoms with Crippen LogP contribution in [0.15, 0.2) is 103 Å². The average molecular weight is 768 g/mol. The second-order valence-corrected chi connectivity index (χ2v) is 16.1. The van der Waals surface area contributed by atoms with Gasteiger partial charge in [0.05, 0.1) is 6.61 Å². The number of nitrogens with one attached hydrogen (secondary N) is 1. The summed E-state index contributed by atoms with van der Waals surface area (Å²) in [5.41, 5.74) is 8.04. The van der Waals surface area contributed by atoms with E-state index in [0.717, 1.165) is 56.8 Å². The number of aromatic nitrogens is 1. The molecule has 7 rings (SSSR count). The molecule has 0 saturated carbocycles. The maximum absolute atomic E-state index is 14.1. The largest absolute Gasteiger partial charge is 0.494 e. The predicted molar refractivity (Wildman–Crippen MR) is 218 cm³/mol. The standard InChI is InChI=1S/C47H49N3O7/c1-29-30(2)48-21-19-38(29)32-13-11-31(12-14-32)23-39(46(53)54)49-44(51)40-24-35-25-41-42(26-36(35)27-50(40)45(52)34-9-7-6-8-10-34)57-43(28-56-41)33-15-17-37(18-16-33)55-22-20-47(3,4)5/h6-19,21,25-26,39-40,43H,20,22-24,27-28H2,1-5H3,(H,49,51)(H,53,54)/t39-,40-,43+/m0/s1. The fourth-order valence-corrected chi connectivity index (χ4v) is 7.24. The summed E-state index contributed by atoms with van der Waals surface area (Å²) in [4.78, 5) is 46.6. The van der Waals surface area contributed by atoms with Gasteiger partial charge in [-0.25, -0.2) is 4.79 Å². The fraction of sp³-hybridized carbons (Fsp3) is 0.319. The van der Waals surface area contributed by atoms with Crippen LogP contribution in [0.25, 0.3) is 11.1 Å². The van der Waals surface area contributed by atoms with Crippen molar-refractivity contribution in [2.24, 2.45) is 5.41 Å². The summed E-state index contributed by atoms with van der Waals surface area (Å²) in [6.07, 6.45) is 2.60. The number of hydrogen-bond donors (Lipinski definition) is 2. The number of pyridine rings is 1. The predicted octanol–water partition coefficient (Wildman–Crippen LogP) is 8.07. The molecular weight excluding hydrogens is 719 g/mol. The molecule has 3 heterocycles. The Bertz CT molecular complexity index is 2250. The van der Waals surface area contributed by atoms with Gasteiger partial charge in [-0.2, -0.15) is 0 Å². The molecule has 3 atom stereocenters. The van der Waals surface area contributed by atoms with Crippen molar-refractivity contribution in [1.82, 2.24) is 15.2 Å². The van der Waals surface area contributed by atoms with Gasteiger partial charge in [-0.15, -0.1) is 0 Å². The van der Waals surface area contributed by atoms with Crippen molar-refractivity contribution in [2.75, 3.05) is 13.2 Å². The van der Waals surface area contributed by atoms with E-state index in [1.165, 1.54) is 4.90 Å². The average Bonchev–Trinajstić information content (AvgIpc) is 3.20. The minimum absolute atomic E-state index is 0.0679. The number of fused-ring (bicyclic) bond motifs is 2. The maximum Gasteiger partial charge on any atom is 0.326 e. The highest BCUT2D eigenvalue weighted by Gasteiger charge is 2.38. The smallest absolute Gasteiger partial charge is 0.326 e. The van der Waals surface area contributed by atoms with E-state index in [0.29, 0.717) is 30.3 Å². The topological polar surface area (TPSA) is 127 Å². The number of nitrogens with zero attached hydrogens (tertiary/aromatic N) is 2. The highest BCUT2D eigenvalue weighted by atomic mass is 16.6. The summed E-state index contributed by atoms with van der Waals surface area (Å²) in [7, 11) is 0. The van der Waals surface area contributed by atoms with Crippen LogP contribution in [0.1, 0.15) is 77.2 Å². The number of rotatable bonds is 11. The third-order valence-corrected chi connectivity index (χ3v) is 10.8. The molecule has 0 spiro atoms. The van der Waals surface area contributed by atoms with Crippen molar-refractivity contribution in [2.45, 2.75) is 78.6 Å². The Morgan fingerprint density at radius 2 is 1.65 bits per heavy atom. The van der Waals surface area contributed by atoms with Crippen LogP contribution >= 0.6 is 0 Å². The molecule has 2 aliphatic rings. The molecule has 294 valence electrons. The third-order valence-electron chi connectivity index (χ3n) is 10.8. The number of carboxylic acid groups (broad SMARTS) is 1. The second kappa shape index (κ2) is 16.5. The Balaban J connectivity index is 1.08. The summed E-state index contributed by atoms with van der Waals surface area (Å²) in [5.74, 6) is -0.135. The highest BCUT2D eigenvalue weighted by Crippen LogP contribution is 2.41. The first-order chi connectivity index (χ1) is 27.3. The van der Waals surface area contributed by atoms with Crippen LogP contribution < -0.4 is 19.5 Å². The molecule has 57 heavy (non-hydrogen) atoms. The van der Waals surface area contributed by atoms with Crippen molar-refractivity contribution < 1.29 is 33.7 Å².